The predicted molar refractivity (Wildman–Crippen MR) is 169 cm³/mol. The van der Waals surface area contributed by atoms with Gasteiger partial charge in [0.1, 0.15) is 12.1 Å². The van der Waals surface area contributed by atoms with Crippen LogP contribution in [0.5, 0.6) is 0 Å². The fourth-order valence-electron chi connectivity index (χ4n) is 5.54. The van der Waals surface area contributed by atoms with Gasteiger partial charge in [0.2, 0.25) is 17.6 Å². The molecule has 6 N–H and O–H groups in total. The number of nitrogens with zero attached hydrogens (tertiary/aromatic N) is 4. The van der Waals surface area contributed by atoms with E-state index in [1.807, 2.05) is 72.8 Å². The molecule has 45 heavy (non-hydrogen) atoms. The number of aromatic nitrogens is 4. The minimum Gasteiger partial charge on any atom is -0.394 e. The number of aliphatic hydroxyl groups is 3. The molecule has 1 aromatic heterocycles. The molecule has 236 valence electrons. The van der Waals surface area contributed by atoms with Crippen LogP contribution in [0, 0.1) is 0 Å². The average molecular weight is 614 g/mol. The number of nitrogens with one attached hydrogen (secondary N) is 3. The summed E-state index contributed by atoms with van der Waals surface area (Å²) in [5, 5.41) is 49.1. The van der Waals surface area contributed by atoms with Crippen LogP contribution in [0.25, 0.3) is 22.5 Å². The van der Waals surface area contributed by atoms with Crippen molar-refractivity contribution in [2.75, 3.05) is 18.1 Å². The molecule has 2 amide bonds. The molecule has 0 saturated heterocycles. The largest absolute Gasteiger partial charge is 0.394 e. The van der Waals surface area contributed by atoms with E-state index in [0.29, 0.717) is 25.2 Å². The lowest BCUT2D eigenvalue weighted by Crippen LogP contribution is -2.52. The van der Waals surface area contributed by atoms with Gasteiger partial charge in [0.25, 0.3) is 0 Å². The van der Waals surface area contributed by atoms with Crippen LogP contribution in [0.4, 0.5) is 5.69 Å². The number of hydrogen-bond acceptors (Lipinski definition) is 9. The fraction of sp³-hybridized carbons (Fsp3) is 0.364. The predicted octanol–water partition coefficient (Wildman–Crippen LogP) is 1.97. The van der Waals surface area contributed by atoms with Crippen LogP contribution in [0.1, 0.15) is 37.8 Å². The second kappa shape index (κ2) is 14.1. The zero-order valence-corrected chi connectivity index (χ0v) is 25.3. The highest BCUT2D eigenvalue weighted by Gasteiger charge is 2.33. The first-order chi connectivity index (χ1) is 21.6. The topological polar surface area (TPSA) is 177 Å². The molecule has 4 aromatic rings. The molecule has 0 bridgehead atoms. The maximum absolute atomic E-state index is 14.0. The number of carbonyl (C=O) groups excluding carboxylic acids is 2. The van der Waals surface area contributed by atoms with Crippen LogP contribution >= 0.6 is 0 Å². The average Bonchev–Trinajstić information content (AvgIpc) is 3.55. The van der Waals surface area contributed by atoms with Crippen molar-refractivity contribution in [2.24, 2.45) is 0 Å². The molecule has 1 aliphatic rings. The molecule has 0 unspecified atom stereocenters. The van der Waals surface area contributed by atoms with Gasteiger partial charge >= 0.3 is 0 Å². The monoisotopic (exact) mass is 613 g/mol. The van der Waals surface area contributed by atoms with Gasteiger partial charge in [-0.3, -0.25) is 9.59 Å². The number of β-amino-alcohol motifs (C(OH)–C–C–N with tert-alkyl or cyclic N) is 1. The molecule has 0 fully saturated rings. The first-order valence-electron chi connectivity index (χ1n) is 15.0. The molecule has 0 aliphatic carbocycles. The van der Waals surface area contributed by atoms with Gasteiger partial charge in [0, 0.05) is 29.8 Å². The second-order valence-corrected chi connectivity index (χ2v) is 11.9. The fourth-order valence-corrected chi connectivity index (χ4v) is 5.54. The smallest absolute Gasteiger partial charge is 0.249 e. The van der Waals surface area contributed by atoms with E-state index in [2.05, 4.69) is 31.3 Å². The van der Waals surface area contributed by atoms with Crippen LogP contribution in [-0.4, -0.2) is 84.7 Å². The zero-order chi connectivity index (χ0) is 32.0. The van der Waals surface area contributed by atoms with Crippen LogP contribution in [0.3, 0.4) is 0 Å². The Kier molecular flexibility index (Phi) is 9.99. The third-order valence-electron chi connectivity index (χ3n) is 8.03. The quantitative estimate of drug-likeness (QED) is 0.139. The van der Waals surface area contributed by atoms with Gasteiger partial charge in [0.15, 0.2) is 0 Å². The highest BCUT2D eigenvalue weighted by atomic mass is 16.4. The number of hydrogen-bond donors (Lipinski definition) is 6. The van der Waals surface area contributed by atoms with Gasteiger partial charge in [-0.15, -0.1) is 10.2 Å². The Morgan fingerprint density at radius 1 is 1.02 bits per heavy atom. The summed E-state index contributed by atoms with van der Waals surface area (Å²) in [6.45, 7) is 3.35. The van der Waals surface area contributed by atoms with Crippen LogP contribution in [0.2, 0.25) is 0 Å². The summed E-state index contributed by atoms with van der Waals surface area (Å²) in [5.41, 5.74) is 4.84. The lowest BCUT2D eigenvalue weighted by molar-refractivity contribution is -0.128. The third-order valence-corrected chi connectivity index (χ3v) is 8.03. The SMILES string of the molecule is CC(C)(CC(=O)N[C@@H]1CCc2ccccc2N(Cc2ccc(-c3ccccc3-c3nn[nH]n3)cc2)C1=O)NC[C@H](O)[C@@H](O)CO. The number of rotatable bonds is 12. The highest BCUT2D eigenvalue weighted by molar-refractivity contribution is 6.00. The summed E-state index contributed by atoms with van der Waals surface area (Å²) >= 11 is 0. The van der Waals surface area contributed by atoms with Crippen molar-refractivity contribution in [1.29, 1.82) is 0 Å². The molecule has 0 saturated carbocycles. The zero-order valence-electron chi connectivity index (χ0n) is 25.3. The molecule has 3 aromatic carbocycles. The first kappa shape index (κ1) is 31.9. The number of fused-ring (bicyclic) bond motifs is 1. The van der Waals surface area contributed by atoms with Crippen molar-refractivity contribution < 1.29 is 24.9 Å². The van der Waals surface area contributed by atoms with E-state index < -0.39 is 30.4 Å². The number of carbonyl (C=O) groups is 2. The number of para-hydroxylation sites is 1. The van der Waals surface area contributed by atoms with E-state index in [1.54, 1.807) is 18.7 Å². The van der Waals surface area contributed by atoms with Crippen molar-refractivity contribution in [3.8, 4) is 22.5 Å². The Labute approximate surface area is 261 Å². The Morgan fingerprint density at radius 3 is 2.44 bits per heavy atom. The van der Waals surface area contributed by atoms with Gasteiger partial charge in [-0.2, -0.15) is 5.21 Å². The number of aliphatic hydroxyl groups excluding tert-OH is 3. The summed E-state index contributed by atoms with van der Waals surface area (Å²) in [5.74, 6) is 0.0115. The van der Waals surface area contributed by atoms with Crippen molar-refractivity contribution in [1.82, 2.24) is 31.3 Å². The Bertz CT molecular complexity index is 1590. The number of tetrazole rings is 1. The third kappa shape index (κ3) is 7.78. The molecule has 0 radical (unpaired) electrons. The van der Waals surface area contributed by atoms with Crippen molar-refractivity contribution in [2.45, 2.75) is 63.4 Å². The molecule has 0 spiro atoms. The summed E-state index contributed by atoms with van der Waals surface area (Å²) < 4.78 is 0. The Balaban J connectivity index is 1.30. The number of aryl methyl sites for hydroxylation is 1. The molecule has 12 nitrogen and oxygen atoms in total. The van der Waals surface area contributed by atoms with E-state index in [9.17, 15) is 19.8 Å². The van der Waals surface area contributed by atoms with Gasteiger partial charge in [-0.1, -0.05) is 66.7 Å². The van der Waals surface area contributed by atoms with Crippen LogP contribution < -0.4 is 15.5 Å². The maximum Gasteiger partial charge on any atom is 0.249 e. The summed E-state index contributed by atoms with van der Waals surface area (Å²) in [6, 6.07) is 22.9. The molecule has 12 heteroatoms. The number of H-pyrrole nitrogens is 1. The number of amides is 2. The molecule has 1 aliphatic heterocycles. The van der Waals surface area contributed by atoms with E-state index >= 15 is 0 Å². The number of benzene rings is 3. The lowest BCUT2D eigenvalue weighted by atomic mass is 9.98. The van der Waals surface area contributed by atoms with Gasteiger partial charge in [0.05, 0.1) is 19.3 Å². The van der Waals surface area contributed by atoms with E-state index in [4.69, 9.17) is 5.11 Å². The highest BCUT2D eigenvalue weighted by Crippen LogP contribution is 2.32. The minimum absolute atomic E-state index is 0.00503. The Hall–Kier alpha value is -4.49. The summed E-state index contributed by atoms with van der Waals surface area (Å²) in [7, 11) is 0. The summed E-state index contributed by atoms with van der Waals surface area (Å²) in [4.78, 5) is 28.9. The number of anilines is 1. The van der Waals surface area contributed by atoms with Crippen molar-refractivity contribution >= 4 is 17.5 Å². The van der Waals surface area contributed by atoms with Crippen molar-refractivity contribution in [3.63, 3.8) is 0 Å². The molecule has 5 rings (SSSR count). The van der Waals surface area contributed by atoms with Crippen molar-refractivity contribution in [3.05, 3.63) is 83.9 Å². The molecule has 3 atom stereocenters. The van der Waals surface area contributed by atoms with Crippen LogP contribution in [0.15, 0.2) is 72.8 Å². The first-order valence-corrected chi connectivity index (χ1v) is 15.0. The lowest BCUT2D eigenvalue weighted by Gasteiger charge is -2.30. The van der Waals surface area contributed by atoms with E-state index in [1.165, 1.54) is 0 Å². The maximum atomic E-state index is 14.0. The van der Waals surface area contributed by atoms with E-state index in [-0.39, 0.29) is 24.8 Å². The van der Waals surface area contributed by atoms with Gasteiger partial charge in [-0.05, 0) is 60.2 Å². The number of aromatic amines is 1. The van der Waals surface area contributed by atoms with E-state index in [0.717, 1.165) is 33.5 Å². The summed E-state index contributed by atoms with van der Waals surface area (Å²) in [6.07, 6.45) is -1.33. The molecular weight excluding hydrogens is 574 g/mol. The minimum atomic E-state index is -1.28. The Morgan fingerprint density at radius 2 is 1.73 bits per heavy atom. The standard InChI is InChI=1S/C33H39N7O5/c1-33(2,34-18-28(42)29(43)20-41)17-30(44)35-26-16-15-23-7-3-6-10-27(23)40(32(26)45)19-21-11-13-22(14-12-21)24-8-4-5-9-25(24)31-36-38-39-37-31/h3-14,26,28-29,34,41-43H,15-20H2,1-2H3,(H,35,44)(H,36,37,38,39)/t26-,28+,29+/m1/s1. The van der Waals surface area contributed by atoms with Gasteiger partial charge in [-0.25, -0.2) is 0 Å². The molecule has 2 heterocycles. The second-order valence-electron chi connectivity index (χ2n) is 11.9. The normalized spacial score (nSPS) is 16.5. The molecular formula is C33H39N7O5. The van der Waals surface area contributed by atoms with Crippen LogP contribution in [-0.2, 0) is 22.6 Å². The van der Waals surface area contributed by atoms with Gasteiger partial charge < -0.3 is 30.9 Å².